The minimum Gasteiger partial charge on any atom is -0.465 e. The number of fused-ring (bicyclic) bond motifs is 1. The molecule has 25 heavy (non-hydrogen) atoms. The third-order valence-corrected chi connectivity index (χ3v) is 4.29. The summed E-state index contributed by atoms with van der Waals surface area (Å²) in [6, 6.07) is 9.51. The number of amides is 1. The molecule has 0 fully saturated rings. The smallest absolute Gasteiger partial charge is 0.411 e. The van der Waals surface area contributed by atoms with Gasteiger partial charge in [0, 0.05) is 30.0 Å². The van der Waals surface area contributed by atoms with Crippen LogP contribution in [-0.4, -0.2) is 32.3 Å². The average molecular weight is 338 g/mol. The quantitative estimate of drug-likeness (QED) is 0.777. The van der Waals surface area contributed by atoms with Gasteiger partial charge in [-0.15, -0.1) is 0 Å². The van der Waals surface area contributed by atoms with E-state index in [1.807, 2.05) is 51.1 Å². The molecule has 2 heterocycles. The van der Waals surface area contributed by atoms with Crippen LogP contribution in [0.15, 0.2) is 30.3 Å². The third-order valence-electron chi connectivity index (χ3n) is 4.29. The van der Waals surface area contributed by atoms with Crippen LogP contribution in [0.2, 0.25) is 0 Å². The Morgan fingerprint density at radius 2 is 1.84 bits per heavy atom. The lowest BCUT2D eigenvalue weighted by Crippen LogP contribution is -2.28. The number of aromatic nitrogens is 3. The summed E-state index contributed by atoms with van der Waals surface area (Å²) in [4.78, 5) is 22.0. The summed E-state index contributed by atoms with van der Waals surface area (Å²) in [5.41, 5.74) is 5.40. The van der Waals surface area contributed by atoms with E-state index in [0.717, 1.165) is 40.4 Å². The van der Waals surface area contributed by atoms with Crippen LogP contribution in [0.1, 0.15) is 30.9 Å². The zero-order chi connectivity index (χ0) is 18.1. The van der Waals surface area contributed by atoms with Gasteiger partial charge in [-0.05, 0) is 56.7 Å². The second-order valence-electron chi connectivity index (χ2n) is 6.01. The standard InChI is InChI=1S/C19H22N4O2/c1-5-16-21-17-12(3)11-13(4)20-18(17)23(16)15-9-7-14(8-10-15)22(6-2)19(24)25/h7-11H,5-6H2,1-4H3,(H,24,25). The lowest BCUT2D eigenvalue weighted by molar-refractivity contribution is 0.202. The van der Waals surface area contributed by atoms with Gasteiger partial charge in [0.2, 0.25) is 0 Å². The second kappa shape index (κ2) is 6.55. The highest BCUT2D eigenvalue weighted by Gasteiger charge is 2.16. The Balaban J connectivity index is 2.14. The average Bonchev–Trinajstić information content (AvgIpc) is 2.94. The molecule has 0 aliphatic carbocycles. The van der Waals surface area contributed by atoms with Crippen molar-refractivity contribution < 1.29 is 9.90 Å². The largest absolute Gasteiger partial charge is 0.465 e. The molecule has 0 atom stereocenters. The Kier molecular flexibility index (Phi) is 4.44. The van der Waals surface area contributed by atoms with E-state index in [1.54, 1.807) is 0 Å². The molecule has 0 saturated heterocycles. The molecule has 3 rings (SSSR count). The maximum absolute atomic E-state index is 11.3. The van der Waals surface area contributed by atoms with Gasteiger partial charge in [-0.25, -0.2) is 14.8 Å². The van der Waals surface area contributed by atoms with Gasteiger partial charge < -0.3 is 5.11 Å². The minimum absolute atomic E-state index is 0.406. The fraction of sp³-hybridized carbons (Fsp3) is 0.316. The van der Waals surface area contributed by atoms with Crippen LogP contribution in [-0.2, 0) is 6.42 Å². The summed E-state index contributed by atoms with van der Waals surface area (Å²) in [6.07, 6.45) is -0.169. The Morgan fingerprint density at radius 1 is 1.16 bits per heavy atom. The monoisotopic (exact) mass is 338 g/mol. The van der Waals surface area contributed by atoms with Crippen molar-refractivity contribution in [1.82, 2.24) is 14.5 Å². The summed E-state index contributed by atoms with van der Waals surface area (Å²) in [5, 5.41) is 9.27. The number of imidazole rings is 1. The highest BCUT2D eigenvalue weighted by Crippen LogP contribution is 2.25. The van der Waals surface area contributed by atoms with Crippen molar-refractivity contribution in [1.29, 1.82) is 0 Å². The van der Waals surface area contributed by atoms with Gasteiger partial charge in [0.15, 0.2) is 5.65 Å². The number of hydrogen-bond donors (Lipinski definition) is 1. The first-order valence-electron chi connectivity index (χ1n) is 8.42. The van der Waals surface area contributed by atoms with Gasteiger partial charge in [-0.2, -0.15) is 0 Å². The van der Waals surface area contributed by atoms with E-state index in [4.69, 9.17) is 4.98 Å². The van der Waals surface area contributed by atoms with Crippen LogP contribution in [0.4, 0.5) is 10.5 Å². The normalized spacial score (nSPS) is 11.0. The van der Waals surface area contributed by atoms with E-state index < -0.39 is 6.09 Å². The summed E-state index contributed by atoms with van der Waals surface area (Å²) in [6.45, 7) is 8.31. The number of carbonyl (C=O) groups is 1. The van der Waals surface area contributed by atoms with Crippen molar-refractivity contribution in [2.45, 2.75) is 34.1 Å². The molecule has 6 heteroatoms. The van der Waals surface area contributed by atoms with Gasteiger partial charge in [0.1, 0.15) is 11.3 Å². The number of rotatable bonds is 4. The summed E-state index contributed by atoms with van der Waals surface area (Å²) in [5.74, 6) is 0.939. The lowest BCUT2D eigenvalue weighted by Gasteiger charge is -2.17. The Bertz CT molecular complexity index is 929. The molecule has 6 nitrogen and oxygen atoms in total. The highest BCUT2D eigenvalue weighted by molar-refractivity contribution is 5.86. The van der Waals surface area contributed by atoms with E-state index in [-0.39, 0.29) is 0 Å². The number of carboxylic acid groups (broad SMARTS) is 1. The van der Waals surface area contributed by atoms with Crippen molar-refractivity contribution in [2.24, 2.45) is 0 Å². The summed E-state index contributed by atoms with van der Waals surface area (Å²) in [7, 11) is 0. The minimum atomic E-state index is -0.953. The van der Waals surface area contributed by atoms with Crippen molar-refractivity contribution >= 4 is 22.9 Å². The van der Waals surface area contributed by atoms with Crippen LogP contribution in [0.25, 0.3) is 16.9 Å². The number of aryl methyl sites for hydroxylation is 3. The molecule has 2 aromatic heterocycles. The SMILES string of the molecule is CCc1nc2c(C)cc(C)nc2n1-c1ccc(N(CC)C(=O)O)cc1. The first kappa shape index (κ1) is 17.0. The van der Waals surface area contributed by atoms with Gasteiger partial charge in [-0.3, -0.25) is 9.47 Å². The fourth-order valence-electron chi connectivity index (χ4n) is 3.12. The molecular formula is C19H22N4O2. The molecule has 0 saturated carbocycles. The second-order valence-corrected chi connectivity index (χ2v) is 6.01. The van der Waals surface area contributed by atoms with Crippen molar-refractivity contribution in [3.63, 3.8) is 0 Å². The Morgan fingerprint density at radius 3 is 2.40 bits per heavy atom. The maximum Gasteiger partial charge on any atom is 0.411 e. The predicted molar refractivity (Wildman–Crippen MR) is 98.8 cm³/mol. The fourth-order valence-corrected chi connectivity index (χ4v) is 3.12. The van der Waals surface area contributed by atoms with Gasteiger partial charge in [0.25, 0.3) is 0 Å². The van der Waals surface area contributed by atoms with Crippen LogP contribution in [0.5, 0.6) is 0 Å². The van der Waals surface area contributed by atoms with E-state index in [9.17, 15) is 9.90 Å². The number of benzene rings is 1. The van der Waals surface area contributed by atoms with Crippen molar-refractivity contribution in [2.75, 3.05) is 11.4 Å². The van der Waals surface area contributed by atoms with E-state index in [2.05, 4.69) is 16.5 Å². The van der Waals surface area contributed by atoms with E-state index >= 15 is 0 Å². The first-order valence-corrected chi connectivity index (χ1v) is 8.42. The van der Waals surface area contributed by atoms with Crippen LogP contribution in [0.3, 0.4) is 0 Å². The molecule has 3 aromatic rings. The zero-order valence-corrected chi connectivity index (χ0v) is 14.9. The number of anilines is 1. The topological polar surface area (TPSA) is 71.2 Å². The van der Waals surface area contributed by atoms with Gasteiger partial charge in [0.05, 0.1) is 0 Å². The first-order chi connectivity index (χ1) is 12.0. The van der Waals surface area contributed by atoms with E-state index in [1.165, 1.54) is 4.90 Å². The molecule has 130 valence electrons. The summed E-state index contributed by atoms with van der Waals surface area (Å²) < 4.78 is 2.05. The van der Waals surface area contributed by atoms with Crippen molar-refractivity contribution in [3.05, 3.63) is 47.4 Å². The predicted octanol–water partition coefficient (Wildman–Crippen LogP) is 4.10. The molecule has 1 amide bonds. The van der Waals surface area contributed by atoms with E-state index in [0.29, 0.717) is 12.2 Å². The number of hydrogen-bond acceptors (Lipinski definition) is 3. The van der Waals surface area contributed by atoms with Gasteiger partial charge in [-0.1, -0.05) is 6.92 Å². The Hall–Kier alpha value is -2.89. The molecular weight excluding hydrogens is 316 g/mol. The lowest BCUT2D eigenvalue weighted by atomic mass is 10.2. The highest BCUT2D eigenvalue weighted by atomic mass is 16.4. The number of pyridine rings is 1. The van der Waals surface area contributed by atoms with Crippen LogP contribution < -0.4 is 4.90 Å². The molecule has 0 bridgehead atoms. The number of nitrogens with zero attached hydrogens (tertiary/aromatic N) is 4. The summed E-state index contributed by atoms with van der Waals surface area (Å²) >= 11 is 0. The van der Waals surface area contributed by atoms with Crippen LogP contribution in [0, 0.1) is 13.8 Å². The van der Waals surface area contributed by atoms with Gasteiger partial charge >= 0.3 is 6.09 Å². The molecule has 0 radical (unpaired) electrons. The zero-order valence-electron chi connectivity index (χ0n) is 14.9. The molecule has 0 unspecified atom stereocenters. The molecule has 0 aliphatic rings. The maximum atomic E-state index is 11.3. The molecule has 1 aromatic carbocycles. The van der Waals surface area contributed by atoms with Crippen molar-refractivity contribution in [3.8, 4) is 5.69 Å². The molecule has 1 N–H and O–H groups in total. The molecule has 0 aliphatic heterocycles. The molecule has 0 spiro atoms. The Labute approximate surface area is 146 Å². The van der Waals surface area contributed by atoms with Crippen LogP contribution >= 0.6 is 0 Å². The third kappa shape index (κ3) is 2.95.